The van der Waals surface area contributed by atoms with Gasteiger partial charge in [-0.25, -0.2) is 0 Å². The van der Waals surface area contributed by atoms with E-state index in [1.807, 2.05) is 109 Å². The lowest BCUT2D eigenvalue weighted by atomic mass is 9.91. The number of fused-ring (bicyclic) bond motifs is 8. The van der Waals surface area contributed by atoms with Crippen molar-refractivity contribution >= 4 is 22.7 Å². The summed E-state index contributed by atoms with van der Waals surface area (Å²) in [7, 11) is 3.21. The van der Waals surface area contributed by atoms with E-state index in [1.54, 1.807) is 14.2 Å². The second kappa shape index (κ2) is 18.6. The van der Waals surface area contributed by atoms with Crippen LogP contribution in [0.2, 0.25) is 0 Å². The molecule has 0 saturated heterocycles. The number of tetrazole rings is 2. The van der Waals surface area contributed by atoms with Crippen LogP contribution in [0.3, 0.4) is 0 Å². The number of azo groups is 2. The first-order valence-corrected chi connectivity index (χ1v) is 20.1. The summed E-state index contributed by atoms with van der Waals surface area (Å²) < 4.78 is 23.7. The van der Waals surface area contributed by atoms with Crippen LogP contribution in [0.4, 0.5) is 22.7 Å². The lowest BCUT2D eigenvalue weighted by Gasteiger charge is -2.20. The highest BCUT2D eigenvalue weighted by Gasteiger charge is 2.22. The number of ether oxygens (including phenoxy) is 4. The zero-order chi connectivity index (χ0) is 43.8. The van der Waals surface area contributed by atoms with Gasteiger partial charge in [-0.2, -0.15) is 30.9 Å². The van der Waals surface area contributed by atoms with Crippen LogP contribution in [0, 0.1) is 0 Å². The van der Waals surface area contributed by atoms with Crippen LogP contribution in [-0.2, 0) is 38.9 Å². The highest BCUT2D eigenvalue weighted by Crippen LogP contribution is 2.41. The van der Waals surface area contributed by atoms with E-state index in [1.165, 1.54) is 0 Å². The Morgan fingerprint density at radius 1 is 0.469 bits per heavy atom. The molecular weight excluding hydrogens is 817 g/mol. The monoisotopic (exact) mass is 856 g/mol. The summed E-state index contributed by atoms with van der Waals surface area (Å²) in [6.07, 6.45) is 0.923. The van der Waals surface area contributed by atoms with Gasteiger partial charge in [0.25, 0.3) is 0 Å². The first kappa shape index (κ1) is 40.8. The van der Waals surface area contributed by atoms with Gasteiger partial charge in [0.1, 0.15) is 34.5 Å². The molecule has 2 aromatic heterocycles. The Hall–Kier alpha value is -8.54. The summed E-state index contributed by atoms with van der Waals surface area (Å²) in [5, 5.41) is 71.4. The SMILES string of the molecule is COc1ccc(N=Nc2cc3c(O)c(c2)Cc2cccc(c2OCc2nn[nH]n2)Cc2cc(N=Nc4ccc(OC)cc4)cc(c2O)Cc2cccc(c2OCc2nn[nH]n2)C3)cc1. The Morgan fingerprint density at radius 2 is 0.812 bits per heavy atom. The van der Waals surface area contributed by atoms with Crippen LogP contribution in [0.15, 0.2) is 130 Å². The molecule has 2 heterocycles. The van der Waals surface area contributed by atoms with Gasteiger partial charge >= 0.3 is 0 Å². The van der Waals surface area contributed by atoms with Crippen molar-refractivity contribution < 1.29 is 29.2 Å². The quantitative estimate of drug-likeness (QED) is 0.0844. The summed E-state index contributed by atoms with van der Waals surface area (Å²) in [5.41, 5.74) is 7.59. The van der Waals surface area contributed by atoms with Crippen LogP contribution >= 0.6 is 0 Å². The minimum atomic E-state index is 0.00247. The molecule has 18 nitrogen and oxygen atoms in total. The van der Waals surface area contributed by atoms with Crippen molar-refractivity contribution in [3.05, 3.63) is 165 Å². The van der Waals surface area contributed by atoms with Crippen LogP contribution in [0.5, 0.6) is 34.5 Å². The molecule has 0 radical (unpaired) electrons. The second-order valence-corrected chi connectivity index (χ2v) is 14.8. The number of phenolic OH excluding ortho intramolecular Hbond substituents is 2. The molecule has 1 aliphatic rings. The third-order valence-electron chi connectivity index (χ3n) is 10.6. The van der Waals surface area contributed by atoms with Gasteiger partial charge in [-0.05, 0) is 95.1 Å². The second-order valence-electron chi connectivity index (χ2n) is 14.8. The summed E-state index contributed by atoms with van der Waals surface area (Å²) in [6, 6.07) is 33.3. The molecule has 0 spiro atoms. The Morgan fingerprint density at radius 3 is 1.12 bits per heavy atom. The number of methoxy groups -OCH3 is 2. The fourth-order valence-electron chi connectivity index (χ4n) is 7.45. The summed E-state index contributed by atoms with van der Waals surface area (Å²) >= 11 is 0. The number of H-pyrrole nitrogens is 2. The van der Waals surface area contributed by atoms with Gasteiger partial charge in [0.2, 0.25) is 11.6 Å². The van der Waals surface area contributed by atoms with E-state index in [4.69, 9.17) is 18.9 Å². The Balaban J connectivity index is 1.20. The van der Waals surface area contributed by atoms with Crippen LogP contribution < -0.4 is 18.9 Å². The Kier molecular flexibility index (Phi) is 11.9. The number of para-hydroxylation sites is 2. The van der Waals surface area contributed by atoms with Crippen molar-refractivity contribution in [3.8, 4) is 34.5 Å². The van der Waals surface area contributed by atoms with E-state index in [9.17, 15) is 10.2 Å². The molecule has 4 N–H and O–H groups in total. The minimum Gasteiger partial charge on any atom is -0.507 e. The molecule has 6 aromatic carbocycles. The molecular formula is C46H40N12O6. The molecule has 9 rings (SSSR count). The molecule has 8 bridgehead atoms. The predicted molar refractivity (Wildman–Crippen MR) is 232 cm³/mol. The molecule has 320 valence electrons. The third-order valence-corrected chi connectivity index (χ3v) is 10.6. The van der Waals surface area contributed by atoms with Gasteiger partial charge in [-0.15, -0.1) is 20.4 Å². The maximum Gasteiger partial charge on any atom is 0.211 e. The minimum absolute atomic E-state index is 0.00247. The fourth-order valence-corrected chi connectivity index (χ4v) is 7.45. The van der Waals surface area contributed by atoms with Crippen molar-refractivity contribution in [2.75, 3.05) is 14.2 Å². The van der Waals surface area contributed by atoms with Gasteiger partial charge in [0.15, 0.2) is 13.2 Å². The largest absolute Gasteiger partial charge is 0.507 e. The van der Waals surface area contributed by atoms with Gasteiger partial charge < -0.3 is 29.2 Å². The number of nitrogens with zero attached hydrogens (tertiary/aromatic N) is 10. The Labute approximate surface area is 365 Å². The smallest absolute Gasteiger partial charge is 0.211 e. The van der Waals surface area contributed by atoms with Crippen molar-refractivity contribution in [1.82, 2.24) is 41.2 Å². The highest BCUT2D eigenvalue weighted by atomic mass is 16.5. The van der Waals surface area contributed by atoms with E-state index in [0.717, 1.165) is 22.3 Å². The number of aromatic nitrogens is 8. The van der Waals surface area contributed by atoms with Gasteiger partial charge in [-0.3, -0.25) is 0 Å². The summed E-state index contributed by atoms with van der Waals surface area (Å²) in [6.45, 7) is 0.00493. The number of aromatic hydroxyl groups is 2. The van der Waals surface area contributed by atoms with Crippen molar-refractivity contribution in [2.24, 2.45) is 20.5 Å². The van der Waals surface area contributed by atoms with Gasteiger partial charge in [0, 0.05) is 47.9 Å². The normalized spacial score (nSPS) is 12.4. The van der Waals surface area contributed by atoms with E-state index in [0.29, 0.717) is 79.7 Å². The lowest BCUT2D eigenvalue weighted by Crippen LogP contribution is -2.07. The Bertz CT molecular complexity index is 2650. The van der Waals surface area contributed by atoms with Gasteiger partial charge in [0.05, 0.1) is 37.0 Å². The maximum atomic E-state index is 12.2. The van der Waals surface area contributed by atoms with Crippen LogP contribution in [0.1, 0.15) is 56.2 Å². The van der Waals surface area contributed by atoms with Gasteiger partial charge in [-0.1, -0.05) is 46.8 Å². The molecule has 0 unspecified atom stereocenters. The van der Waals surface area contributed by atoms with Crippen LogP contribution in [-0.4, -0.2) is 65.7 Å². The molecule has 18 heteroatoms. The van der Waals surface area contributed by atoms with E-state index in [-0.39, 0.29) is 50.4 Å². The van der Waals surface area contributed by atoms with E-state index in [2.05, 4.69) is 61.7 Å². The summed E-state index contributed by atoms with van der Waals surface area (Å²) in [4.78, 5) is 0. The molecule has 0 saturated carbocycles. The number of rotatable bonds is 12. The number of nitrogens with one attached hydrogen (secondary N) is 2. The maximum absolute atomic E-state index is 12.2. The van der Waals surface area contributed by atoms with Crippen molar-refractivity contribution in [1.29, 1.82) is 0 Å². The molecule has 0 fully saturated rings. The first-order valence-electron chi connectivity index (χ1n) is 20.1. The molecule has 0 aliphatic heterocycles. The van der Waals surface area contributed by atoms with Crippen molar-refractivity contribution in [3.63, 3.8) is 0 Å². The molecule has 0 atom stereocenters. The molecule has 0 amide bonds. The topological polar surface area (TPSA) is 236 Å². The van der Waals surface area contributed by atoms with Crippen molar-refractivity contribution in [2.45, 2.75) is 38.9 Å². The predicted octanol–water partition coefficient (Wildman–Crippen LogP) is 8.81. The third kappa shape index (κ3) is 9.35. The average Bonchev–Trinajstić information content (AvgIpc) is 4.05. The number of phenols is 2. The number of aromatic amines is 2. The lowest BCUT2D eigenvalue weighted by molar-refractivity contribution is 0.290. The zero-order valence-electron chi connectivity index (χ0n) is 34.6. The number of benzene rings is 6. The first-order chi connectivity index (χ1) is 31.4. The standard InChI is InChI=1S/C46H40N12O6/c1-61-39-13-9-35(10-14-39)47-49-37-21-31-17-27-5-3-7-29(45(27)63-25-41-51-55-56-52-41)19-33-23-38(50-48-36-11-15-40(62-2)16-12-36)24-34(44(33)60)20-30-8-4-6-28(18-32(22-37)43(31)59)46(30)64-26-42-53-57-58-54-42/h3-16,21-24,59-60H,17-20,25-26H2,1-2H3,(H,51,52,55,56)(H,53,54,57,58). The average molecular weight is 857 g/mol. The molecule has 1 aliphatic carbocycles. The zero-order valence-corrected chi connectivity index (χ0v) is 34.6. The van der Waals surface area contributed by atoms with E-state index < -0.39 is 0 Å². The highest BCUT2D eigenvalue weighted by molar-refractivity contribution is 5.61. The summed E-state index contributed by atoms with van der Waals surface area (Å²) in [5.74, 6) is 3.30. The molecule has 8 aromatic rings. The number of hydrogen-bond donors (Lipinski definition) is 4. The molecule has 64 heavy (non-hydrogen) atoms. The number of hydrogen-bond acceptors (Lipinski definition) is 16. The van der Waals surface area contributed by atoms with E-state index >= 15 is 0 Å². The fraction of sp³-hybridized carbons (Fsp3) is 0.174. The van der Waals surface area contributed by atoms with Crippen LogP contribution in [0.25, 0.3) is 0 Å².